The molecule has 0 fully saturated rings. The molecule has 1 amide bonds. The van der Waals surface area contributed by atoms with E-state index in [1.54, 1.807) is 25.1 Å². The fraction of sp³-hybridized carbons (Fsp3) is 0.368. The number of carbonyl (C=O) groups excluding carboxylic acids is 2. The molecule has 28 heavy (non-hydrogen) atoms. The molecule has 0 bridgehead atoms. The van der Waals surface area contributed by atoms with E-state index < -0.39 is 28.5 Å². The van der Waals surface area contributed by atoms with E-state index in [1.807, 2.05) is 25.3 Å². The summed E-state index contributed by atoms with van der Waals surface area (Å²) in [5.41, 5.74) is 2.99. The van der Waals surface area contributed by atoms with E-state index in [9.17, 15) is 18.0 Å². The van der Waals surface area contributed by atoms with Gasteiger partial charge in [-0.1, -0.05) is 6.07 Å². The van der Waals surface area contributed by atoms with Crippen LogP contribution in [0.15, 0.2) is 29.2 Å². The zero-order valence-corrected chi connectivity index (χ0v) is 17.4. The number of esters is 1. The Morgan fingerprint density at radius 1 is 1.14 bits per heavy atom. The minimum Gasteiger partial charge on any atom is -0.452 e. The minimum absolute atomic E-state index is 0.0665. The standard InChI is InChI=1S/C19H25N3O5S/c1-6-22-13(3)9-16(14(22)4)19(24)27-11-18(23)21-15-8-7-12(2)17(10-15)28(25,26)20-5/h7-10,20H,6,11H2,1-5H3,(H,21,23). The molecular weight excluding hydrogens is 382 g/mol. The molecule has 0 radical (unpaired) electrons. The molecule has 0 aliphatic heterocycles. The summed E-state index contributed by atoms with van der Waals surface area (Å²) >= 11 is 0. The number of aromatic nitrogens is 1. The molecule has 1 aromatic carbocycles. The van der Waals surface area contributed by atoms with E-state index in [4.69, 9.17) is 4.74 Å². The highest BCUT2D eigenvalue weighted by atomic mass is 32.2. The van der Waals surface area contributed by atoms with Crippen LogP contribution in [0, 0.1) is 20.8 Å². The number of rotatable bonds is 7. The van der Waals surface area contributed by atoms with E-state index in [2.05, 4.69) is 10.0 Å². The van der Waals surface area contributed by atoms with Crippen molar-refractivity contribution in [2.45, 2.75) is 39.1 Å². The second kappa shape index (κ2) is 8.57. The van der Waals surface area contributed by atoms with Crippen LogP contribution in [0.1, 0.15) is 34.2 Å². The average Bonchev–Trinajstić information content (AvgIpc) is 2.94. The lowest BCUT2D eigenvalue weighted by atomic mass is 10.2. The zero-order chi connectivity index (χ0) is 21.1. The first kappa shape index (κ1) is 21.6. The molecule has 0 atom stereocenters. The second-order valence-electron chi connectivity index (χ2n) is 6.34. The number of amides is 1. The Morgan fingerprint density at radius 3 is 2.39 bits per heavy atom. The molecule has 2 rings (SSSR count). The number of sulfonamides is 1. The van der Waals surface area contributed by atoms with Gasteiger partial charge < -0.3 is 14.6 Å². The number of aryl methyl sites for hydroxylation is 2. The molecule has 152 valence electrons. The fourth-order valence-corrected chi connectivity index (χ4v) is 3.97. The van der Waals surface area contributed by atoms with Gasteiger partial charge in [-0.2, -0.15) is 0 Å². The van der Waals surface area contributed by atoms with Gasteiger partial charge in [-0.3, -0.25) is 4.79 Å². The topological polar surface area (TPSA) is 106 Å². The SMILES string of the molecule is CCn1c(C)cc(C(=O)OCC(=O)Nc2ccc(C)c(S(=O)(=O)NC)c2)c1C. The summed E-state index contributed by atoms with van der Waals surface area (Å²) in [5.74, 6) is -1.14. The van der Waals surface area contributed by atoms with Gasteiger partial charge in [0, 0.05) is 23.6 Å². The molecule has 0 aliphatic carbocycles. The van der Waals surface area contributed by atoms with Gasteiger partial charge in [0.25, 0.3) is 5.91 Å². The molecule has 8 nitrogen and oxygen atoms in total. The quantitative estimate of drug-likeness (QED) is 0.684. The Morgan fingerprint density at radius 2 is 1.82 bits per heavy atom. The number of hydrogen-bond donors (Lipinski definition) is 2. The molecule has 0 spiro atoms. The molecule has 1 aromatic heterocycles. The van der Waals surface area contributed by atoms with Gasteiger partial charge in [0.2, 0.25) is 10.0 Å². The van der Waals surface area contributed by atoms with Gasteiger partial charge in [0.1, 0.15) is 0 Å². The number of carbonyl (C=O) groups is 2. The number of nitrogens with one attached hydrogen (secondary N) is 2. The smallest absolute Gasteiger partial charge is 0.340 e. The Balaban J connectivity index is 2.05. The van der Waals surface area contributed by atoms with Gasteiger partial charge >= 0.3 is 5.97 Å². The lowest BCUT2D eigenvalue weighted by Crippen LogP contribution is -2.22. The van der Waals surface area contributed by atoms with Crippen LogP contribution >= 0.6 is 0 Å². The first-order valence-electron chi connectivity index (χ1n) is 8.78. The van der Waals surface area contributed by atoms with Crippen LogP contribution < -0.4 is 10.0 Å². The molecule has 1 heterocycles. The van der Waals surface area contributed by atoms with Crippen LogP contribution in [-0.4, -0.2) is 38.5 Å². The largest absolute Gasteiger partial charge is 0.452 e. The molecule has 2 aromatic rings. The van der Waals surface area contributed by atoms with E-state index >= 15 is 0 Å². The van der Waals surface area contributed by atoms with Crippen molar-refractivity contribution in [1.82, 2.24) is 9.29 Å². The van der Waals surface area contributed by atoms with Gasteiger partial charge in [-0.25, -0.2) is 17.9 Å². The lowest BCUT2D eigenvalue weighted by Gasteiger charge is -2.11. The van der Waals surface area contributed by atoms with E-state index in [0.29, 0.717) is 16.8 Å². The van der Waals surface area contributed by atoms with Crippen molar-refractivity contribution in [2.75, 3.05) is 19.0 Å². The average molecular weight is 407 g/mol. The summed E-state index contributed by atoms with van der Waals surface area (Å²) in [6, 6.07) is 6.26. The van der Waals surface area contributed by atoms with Crippen molar-refractivity contribution in [2.24, 2.45) is 0 Å². The van der Waals surface area contributed by atoms with Gasteiger partial charge in [-0.15, -0.1) is 0 Å². The predicted octanol–water partition coefficient (Wildman–Crippen LogP) is 2.14. The number of ether oxygens (including phenoxy) is 1. The summed E-state index contributed by atoms with van der Waals surface area (Å²) in [6.07, 6.45) is 0. The van der Waals surface area contributed by atoms with Crippen molar-refractivity contribution >= 4 is 27.6 Å². The maximum Gasteiger partial charge on any atom is 0.340 e. The van der Waals surface area contributed by atoms with E-state index in [1.165, 1.54) is 13.1 Å². The Bertz CT molecular complexity index is 1010. The monoisotopic (exact) mass is 407 g/mol. The third-order valence-corrected chi connectivity index (χ3v) is 6.03. The second-order valence-corrected chi connectivity index (χ2v) is 8.20. The van der Waals surface area contributed by atoms with Crippen LogP contribution in [0.3, 0.4) is 0 Å². The van der Waals surface area contributed by atoms with Crippen LogP contribution in [0.25, 0.3) is 0 Å². The molecule has 2 N–H and O–H groups in total. The molecule has 9 heteroatoms. The lowest BCUT2D eigenvalue weighted by molar-refractivity contribution is -0.119. The van der Waals surface area contributed by atoms with Crippen LogP contribution in [0.4, 0.5) is 5.69 Å². The first-order chi connectivity index (χ1) is 13.1. The highest BCUT2D eigenvalue weighted by Crippen LogP contribution is 2.20. The van der Waals surface area contributed by atoms with E-state index in [-0.39, 0.29) is 4.90 Å². The summed E-state index contributed by atoms with van der Waals surface area (Å²) in [5, 5.41) is 2.54. The van der Waals surface area contributed by atoms with Crippen molar-refractivity contribution in [3.05, 3.63) is 46.8 Å². The van der Waals surface area contributed by atoms with Crippen LogP contribution in [0.5, 0.6) is 0 Å². The summed E-state index contributed by atoms with van der Waals surface area (Å²) in [7, 11) is -2.33. The molecule has 0 aliphatic rings. The van der Waals surface area contributed by atoms with Gasteiger partial charge in [0.15, 0.2) is 6.61 Å². The first-order valence-corrected chi connectivity index (χ1v) is 10.3. The fourth-order valence-electron chi connectivity index (χ4n) is 2.98. The summed E-state index contributed by atoms with van der Waals surface area (Å²) in [6.45, 7) is 7.61. The summed E-state index contributed by atoms with van der Waals surface area (Å²) in [4.78, 5) is 24.5. The number of nitrogens with zero attached hydrogens (tertiary/aromatic N) is 1. The van der Waals surface area contributed by atoms with Gasteiger partial charge in [-0.05, 0) is 58.5 Å². The Hall–Kier alpha value is -2.65. The molecule has 0 saturated heterocycles. The predicted molar refractivity (Wildman–Crippen MR) is 106 cm³/mol. The third-order valence-electron chi connectivity index (χ3n) is 4.47. The maximum absolute atomic E-state index is 12.3. The number of anilines is 1. The Kier molecular flexibility index (Phi) is 6.63. The van der Waals surface area contributed by atoms with Crippen molar-refractivity contribution in [3.8, 4) is 0 Å². The normalized spacial score (nSPS) is 11.3. The maximum atomic E-state index is 12.3. The van der Waals surface area contributed by atoms with Crippen molar-refractivity contribution < 1.29 is 22.7 Å². The zero-order valence-electron chi connectivity index (χ0n) is 16.6. The highest BCUT2D eigenvalue weighted by molar-refractivity contribution is 7.89. The van der Waals surface area contributed by atoms with Crippen molar-refractivity contribution in [1.29, 1.82) is 0 Å². The highest BCUT2D eigenvalue weighted by Gasteiger charge is 2.19. The van der Waals surface area contributed by atoms with Crippen LogP contribution in [-0.2, 0) is 26.1 Å². The van der Waals surface area contributed by atoms with Gasteiger partial charge in [0.05, 0.1) is 10.5 Å². The number of hydrogen-bond acceptors (Lipinski definition) is 5. The number of benzene rings is 1. The minimum atomic E-state index is -3.65. The van der Waals surface area contributed by atoms with Crippen LogP contribution in [0.2, 0.25) is 0 Å². The molecule has 0 saturated carbocycles. The van der Waals surface area contributed by atoms with Crippen molar-refractivity contribution in [3.63, 3.8) is 0 Å². The Labute approximate surface area is 164 Å². The summed E-state index contributed by atoms with van der Waals surface area (Å²) < 4.78 is 33.4. The van der Waals surface area contributed by atoms with E-state index in [0.717, 1.165) is 17.9 Å². The molecule has 0 unspecified atom stereocenters. The molecular formula is C19H25N3O5S. The third kappa shape index (κ3) is 4.60.